The number of hydrogen-bond donors (Lipinski definition) is 0. The average molecular weight is 182 g/mol. The lowest BCUT2D eigenvalue weighted by Crippen LogP contribution is -2.29. The predicted octanol–water partition coefficient (Wildman–Crippen LogP) is 1.52. The summed E-state index contributed by atoms with van der Waals surface area (Å²) in [7, 11) is -2.90. The summed E-state index contributed by atoms with van der Waals surface area (Å²) < 4.78 is 21.6. The van der Waals surface area contributed by atoms with E-state index in [0.29, 0.717) is 6.42 Å². The standard InChI is InChI=1S/C6H14O2S2/c1-5-6(2,9-3)10(4,7)8/h5H2,1-4H3. The number of thioether (sulfide) groups is 1. The van der Waals surface area contributed by atoms with Crippen molar-refractivity contribution in [2.75, 3.05) is 12.5 Å². The lowest BCUT2D eigenvalue weighted by atomic mass is 10.4. The fourth-order valence-electron chi connectivity index (χ4n) is 0.558. The van der Waals surface area contributed by atoms with Crippen LogP contribution < -0.4 is 0 Å². The maximum Gasteiger partial charge on any atom is 0.162 e. The minimum absolute atomic E-state index is 0.590. The molecule has 0 radical (unpaired) electrons. The minimum Gasteiger partial charge on any atom is -0.228 e. The molecule has 0 aliphatic heterocycles. The molecule has 0 N–H and O–H groups in total. The summed E-state index contributed by atoms with van der Waals surface area (Å²) in [6.07, 6.45) is 3.77. The van der Waals surface area contributed by atoms with Crippen LogP contribution in [-0.4, -0.2) is 25.0 Å². The van der Waals surface area contributed by atoms with Crippen molar-refractivity contribution >= 4 is 21.6 Å². The van der Waals surface area contributed by atoms with E-state index in [1.807, 2.05) is 13.2 Å². The van der Waals surface area contributed by atoms with Gasteiger partial charge in [-0.05, 0) is 19.6 Å². The molecule has 0 aliphatic carbocycles. The maximum atomic E-state index is 11.1. The van der Waals surface area contributed by atoms with Gasteiger partial charge in [0, 0.05) is 6.26 Å². The maximum absolute atomic E-state index is 11.1. The van der Waals surface area contributed by atoms with Crippen molar-refractivity contribution in [3.63, 3.8) is 0 Å². The first-order valence-corrected chi connectivity index (χ1v) is 6.23. The molecule has 0 aromatic carbocycles. The molecule has 1 atom stereocenters. The largest absolute Gasteiger partial charge is 0.228 e. The lowest BCUT2D eigenvalue weighted by molar-refractivity contribution is 0.580. The van der Waals surface area contributed by atoms with Crippen molar-refractivity contribution in [2.45, 2.75) is 24.3 Å². The van der Waals surface area contributed by atoms with Gasteiger partial charge in [0.25, 0.3) is 0 Å². The predicted molar refractivity (Wildman–Crippen MR) is 47.1 cm³/mol. The van der Waals surface area contributed by atoms with Gasteiger partial charge in [-0.2, -0.15) is 0 Å². The van der Waals surface area contributed by atoms with Crippen LogP contribution in [0.25, 0.3) is 0 Å². The molecule has 0 bridgehead atoms. The second-order valence-corrected chi connectivity index (χ2v) is 6.48. The van der Waals surface area contributed by atoms with E-state index in [1.165, 1.54) is 18.0 Å². The summed E-state index contributed by atoms with van der Waals surface area (Å²) in [4.78, 5) is 0. The molecule has 0 aromatic rings. The Morgan fingerprint density at radius 2 is 1.90 bits per heavy atom. The van der Waals surface area contributed by atoms with Crippen molar-refractivity contribution in [3.05, 3.63) is 0 Å². The summed E-state index contributed by atoms with van der Waals surface area (Å²) in [5.41, 5.74) is 0. The van der Waals surface area contributed by atoms with Gasteiger partial charge in [-0.15, -0.1) is 11.8 Å². The Bertz CT molecular complexity index is 190. The van der Waals surface area contributed by atoms with Crippen LogP contribution in [0.5, 0.6) is 0 Å². The van der Waals surface area contributed by atoms with Crippen LogP contribution in [0.15, 0.2) is 0 Å². The van der Waals surface area contributed by atoms with Gasteiger partial charge in [0.15, 0.2) is 9.84 Å². The van der Waals surface area contributed by atoms with Crippen LogP contribution in [0.2, 0.25) is 0 Å². The molecule has 0 spiro atoms. The second kappa shape index (κ2) is 3.13. The zero-order valence-electron chi connectivity index (χ0n) is 6.84. The molecule has 4 heteroatoms. The summed E-state index contributed by atoms with van der Waals surface area (Å²) in [5, 5.41) is 0. The molecule has 10 heavy (non-hydrogen) atoms. The van der Waals surface area contributed by atoms with Crippen LogP contribution in [0, 0.1) is 0 Å². The Morgan fingerprint density at radius 3 is 1.90 bits per heavy atom. The van der Waals surface area contributed by atoms with Gasteiger partial charge in [-0.3, -0.25) is 0 Å². The van der Waals surface area contributed by atoms with Crippen LogP contribution in [0.3, 0.4) is 0 Å². The van der Waals surface area contributed by atoms with Crippen molar-refractivity contribution in [1.82, 2.24) is 0 Å². The zero-order valence-corrected chi connectivity index (χ0v) is 8.47. The van der Waals surface area contributed by atoms with E-state index in [9.17, 15) is 8.42 Å². The highest BCUT2D eigenvalue weighted by atomic mass is 32.3. The molecule has 0 fully saturated rings. The van der Waals surface area contributed by atoms with Gasteiger partial charge in [0.2, 0.25) is 0 Å². The molecule has 0 aromatic heterocycles. The van der Waals surface area contributed by atoms with E-state index in [2.05, 4.69) is 0 Å². The van der Waals surface area contributed by atoms with Gasteiger partial charge < -0.3 is 0 Å². The third-order valence-corrected chi connectivity index (χ3v) is 6.28. The first-order valence-electron chi connectivity index (χ1n) is 3.12. The molecular weight excluding hydrogens is 168 g/mol. The zero-order chi connectivity index (χ0) is 8.41. The van der Waals surface area contributed by atoms with Gasteiger partial charge in [-0.25, -0.2) is 8.42 Å². The highest BCUT2D eigenvalue weighted by molar-refractivity contribution is 8.14. The third-order valence-electron chi connectivity index (χ3n) is 1.86. The smallest absolute Gasteiger partial charge is 0.162 e. The molecule has 0 saturated carbocycles. The molecular formula is C6H14O2S2. The minimum atomic E-state index is -2.90. The average Bonchev–Trinajstić information content (AvgIpc) is 1.84. The molecule has 0 amide bonds. The Morgan fingerprint density at radius 1 is 1.50 bits per heavy atom. The fourth-order valence-corrected chi connectivity index (χ4v) is 2.58. The van der Waals surface area contributed by atoms with Gasteiger partial charge in [0.05, 0.1) is 0 Å². The van der Waals surface area contributed by atoms with Crippen molar-refractivity contribution < 1.29 is 8.42 Å². The molecule has 0 heterocycles. The van der Waals surface area contributed by atoms with Crippen LogP contribution in [0.1, 0.15) is 20.3 Å². The molecule has 2 nitrogen and oxygen atoms in total. The van der Waals surface area contributed by atoms with E-state index >= 15 is 0 Å². The number of rotatable bonds is 3. The second-order valence-electron chi connectivity index (χ2n) is 2.46. The highest BCUT2D eigenvalue weighted by Crippen LogP contribution is 2.31. The summed E-state index contributed by atoms with van der Waals surface area (Å²) in [5.74, 6) is 0. The van der Waals surface area contributed by atoms with E-state index in [1.54, 1.807) is 6.92 Å². The number of hydrogen-bond acceptors (Lipinski definition) is 3. The third kappa shape index (κ3) is 1.89. The summed E-state index contributed by atoms with van der Waals surface area (Å²) in [6, 6.07) is 0. The Hall–Kier alpha value is 0.300. The Labute approximate surface area is 67.3 Å². The first-order chi connectivity index (χ1) is 4.37. The Kier molecular flexibility index (Phi) is 3.23. The van der Waals surface area contributed by atoms with Crippen molar-refractivity contribution in [2.24, 2.45) is 0 Å². The Balaban J connectivity index is 4.68. The van der Waals surface area contributed by atoms with Crippen LogP contribution >= 0.6 is 11.8 Å². The normalized spacial score (nSPS) is 18.4. The fraction of sp³-hybridized carbons (Fsp3) is 1.00. The van der Waals surface area contributed by atoms with Gasteiger partial charge in [0.1, 0.15) is 4.08 Å². The topological polar surface area (TPSA) is 34.1 Å². The molecule has 0 aliphatic rings. The van der Waals surface area contributed by atoms with Gasteiger partial charge in [-0.1, -0.05) is 6.92 Å². The van der Waals surface area contributed by atoms with Gasteiger partial charge >= 0.3 is 0 Å². The molecule has 0 rings (SSSR count). The van der Waals surface area contributed by atoms with Crippen molar-refractivity contribution in [1.29, 1.82) is 0 Å². The quantitative estimate of drug-likeness (QED) is 0.663. The molecule has 0 saturated heterocycles. The van der Waals surface area contributed by atoms with E-state index < -0.39 is 13.9 Å². The SMILES string of the molecule is CCC(C)(SC)S(C)(=O)=O. The van der Waals surface area contributed by atoms with E-state index in [0.717, 1.165) is 0 Å². The lowest BCUT2D eigenvalue weighted by Gasteiger charge is -2.22. The molecule has 1 unspecified atom stereocenters. The van der Waals surface area contributed by atoms with Crippen molar-refractivity contribution in [3.8, 4) is 0 Å². The molecule has 62 valence electrons. The highest BCUT2D eigenvalue weighted by Gasteiger charge is 2.32. The van der Waals surface area contributed by atoms with Crippen LogP contribution in [0.4, 0.5) is 0 Å². The first kappa shape index (κ1) is 10.3. The summed E-state index contributed by atoms with van der Waals surface area (Å²) >= 11 is 1.39. The van der Waals surface area contributed by atoms with E-state index in [4.69, 9.17) is 0 Å². The number of sulfone groups is 1. The van der Waals surface area contributed by atoms with E-state index in [-0.39, 0.29) is 0 Å². The van der Waals surface area contributed by atoms with Crippen LogP contribution in [-0.2, 0) is 9.84 Å². The summed E-state index contributed by atoms with van der Waals surface area (Å²) in [6.45, 7) is 3.64. The monoisotopic (exact) mass is 182 g/mol.